The fraction of sp³-hybridized carbons (Fsp3) is 0.238. The maximum Gasteiger partial charge on any atom is 0.338 e. The van der Waals surface area contributed by atoms with Gasteiger partial charge in [0.2, 0.25) is 0 Å². The van der Waals surface area contributed by atoms with Crippen molar-refractivity contribution >= 4 is 29.5 Å². The lowest BCUT2D eigenvalue weighted by Gasteiger charge is -2.43. The van der Waals surface area contributed by atoms with E-state index in [-0.39, 0.29) is 30.4 Å². The zero-order valence-corrected chi connectivity index (χ0v) is 29.9. The van der Waals surface area contributed by atoms with E-state index in [1.807, 2.05) is 109 Å². The minimum Gasteiger partial charge on any atom is -0.478 e. The van der Waals surface area contributed by atoms with E-state index in [1.54, 1.807) is 12.3 Å². The Morgan fingerprint density at radius 2 is 1.43 bits per heavy atom. The summed E-state index contributed by atoms with van der Waals surface area (Å²) in [6.45, 7) is 1.62. The molecule has 1 aliphatic rings. The minimum atomic E-state index is -1.05. The number of aromatic nitrogens is 1. The fourth-order valence-corrected chi connectivity index (χ4v) is 7.37. The predicted octanol–water partition coefficient (Wildman–Crippen LogP) is 7.00. The first kappa shape index (κ1) is 37.4. The number of urea groups is 1. The number of rotatable bonds is 14. The highest BCUT2D eigenvalue weighted by atomic mass is 32.2. The van der Waals surface area contributed by atoms with Crippen molar-refractivity contribution in [3.8, 4) is 0 Å². The number of carbonyl (C=O) groups is 3. The summed E-state index contributed by atoms with van der Waals surface area (Å²) >= 11 is 1.33. The highest BCUT2D eigenvalue weighted by Crippen LogP contribution is 2.48. The summed E-state index contributed by atoms with van der Waals surface area (Å²) in [5, 5.41) is 25.5. The van der Waals surface area contributed by atoms with Gasteiger partial charge in [-0.25, -0.2) is 14.6 Å². The topological polar surface area (TPSA) is 147 Å². The number of carboxylic acids is 1. The standard InChI is InChI=1S/C42H41N3O7S/c1-27(47)35(23-28-9-4-2-5-10-28)45-42(50)44-24-29-14-20-33(21-15-29)41-51-36(26-53-39-34(40(48)49)13-8-22-43-39)37(31-11-6-3-7-12-31)38(52-41)32-18-16-30(25-46)17-19-32/h2-22,35-38,41,46H,23-26H2,1H3,(H,48,49)(H2,44,45,50)/t35-,36-,37-,38+,41?/m1/s1. The predicted molar refractivity (Wildman–Crippen MR) is 201 cm³/mol. The Morgan fingerprint density at radius 3 is 2.09 bits per heavy atom. The average Bonchev–Trinajstić information content (AvgIpc) is 3.19. The van der Waals surface area contributed by atoms with Crippen molar-refractivity contribution in [3.05, 3.63) is 166 Å². The summed E-state index contributed by atoms with van der Waals surface area (Å²) in [6.07, 6.45) is 0.328. The number of carboxylic acid groups (broad SMARTS) is 1. The lowest BCUT2D eigenvalue weighted by molar-refractivity contribution is -0.255. The third kappa shape index (κ3) is 9.76. The number of amides is 2. The molecule has 6 rings (SSSR count). The van der Waals surface area contributed by atoms with Crippen molar-refractivity contribution in [2.24, 2.45) is 0 Å². The van der Waals surface area contributed by atoms with Gasteiger partial charge in [-0.2, -0.15) is 0 Å². The summed E-state index contributed by atoms with van der Waals surface area (Å²) < 4.78 is 13.5. The first-order valence-electron chi connectivity index (χ1n) is 17.3. The van der Waals surface area contributed by atoms with Gasteiger partial charge in [0.15, 0.2) is 12.1 Å². The number of Topliss-reactive ketones (excluding diaryl/α,β-unsaturated/α-hetero) is 1. The summed E-state index contributed by atoms with van der Waals surface area (Å²) in [6, 6.07) is 36.8. The van der Waals surface area contributed by atoms with E-state index in [0.717, 1.165) is 33.4 Å². The molecule has 2 amide bonds. The van der Waals surface area contributed by atoms with E-state index in [0.29, 0.717) is 17.2 Å². The van der Waals surface area contributed by atoms with Gasteiger partial charge >= 0.3 is 12.0 Å². The Morgan fingerprint density at radius 1 is 0.774 bits per heavy atom. The van der Waals surface area contributed by atoms with Crippen molar-refractivity contribution in [1.29, 1.82) is 0 Å². The number of aliphatic hydroxyl groups is 1. The molecular weight excluding hydrogens is 691 g/mol. The molecule has 0 bridgehead atoms. The monoisotopic (exact) mass is 731 g/mol. The zero-order valence-electron chi connectivity index (χ0n) is 29.1. The van der Waals surface area contributed by atoms with Gasteiger partial charge in [-0.15, -0.1) is 11.8 Å². The molecular formula is C42H41N3O7S. The molecule has 1 saturated heterocycles. The molecule has 0 spiro atoms. The van der Waals surface area contributed by atoms with Crippen molar-refractivity contribution in [3.63, 3.8) is 0 Å². The van der Waals surface area contributed by atoms with E-state index in [4.69, 9.17) is 9.47 Å². The molecule has 0 aliphatic carbocycles. The number of benzene rings is 4. The minimum absolute atomic E-state index is 0.0806. The van der Waals surface area contributed by atoms with Crippen LogP contribution in [0.3, 0.4) is 0 Å². The van der Waals surface area contributed by atoms with Crippen LogP contribution in [-0.4, -0.2) is 50.9 Å². The molecule has 5 atom stereocenters. The number of aliphatic hydroxyl groups excluding tert-OH is 1. The van der Waals surface area contributed by atoms with Crippen LogP contribution in [0.15, 0.2) is 133 Å². The quantitative estimate of drug-likeness (QED) is 0.0887. The van der Waals surface area contributed by atoms with Crippen LogP contribution >= 0.6 is 11.8 Å². The number of nitrogens with zero attached hydrogens (tertiary/aromatic N) is 1. The molecule has 272 valence electrons. The summed E-state index contributed by atoms with van der Waals surface area (Å²) in [5.74, 6) is -1.05. The van der Waals surface area contributed by atoms with Gasteiger partial charge in [0.05, 0.1) is 30.4 Å². The Hall–Kier alpha value is -5.33. The van der Waals surface area contributed by atoms with Gasteiger partial charge in [0.1, 0.15) is 5.03 Å². The Balaban J connectivity index is 1.21. The van der Waals surface area contributed by atoms with Crippen LogP contribution in [0.5, 0.6) is 0 Å². The van der Waals surface area contributed by atoms with E-state index >= 15 is 0 Å². The van der Waals surface area contributed by atoms with Gasteiger partial charge in [-0.3, -0.25) is 4.79 Å². The molecule has 53 heavy (non-hydrogen) atoms. The van der Waals surface area contributed by atoms with E-state index in [9.17, 15) is 24.6 Å². The second kappa shape index (κ2) is 17.9. The van der Waals surface area contributed by atoms with E-state index in [2.05, 4.69) is 15.6 Å². The molecule has 10 nitrogen and oxygen atoms in total. The number of pyridine rings is 1. The van der Waals surface area contributed by atoms with Crippen LogP contribution in [-0.2, 0) is 33.8 Å². The molecule has 0 saturated carbocycles. The highest BCUT2D eigenvalue weighted by molar-refractivity contribution is 7.99. The number of carbonyl (C=O) groups excluding carboxylic acids is 2. The van der Waals surface area contributed by atoms with E-state index < -0.39 is 36.5 Å². The number of ketones is 1. The molecule has 1 unspecified atom stereocenters. The number of ether oxygens (including phenoxy) is 2. The first-order valence-corrected chi connectivity index (χ1v) is 18.3. The molecule has 1 aromatic heterocycles. The maximum absolute atomic E-state index is 12.8. The smallest absolute Gasteiger partial charge is 0.338 e. The SMILES string of the molecule is CC(=O)[C@@H](Cc1ccccc1)NC(=O)NCc1ccc(C2O[C@H](CSc3ncccc3C(=O)O)[C@@H](c3ccccc3)[C@H](c3ccc(CO)cc3)O2)cc1. The fourth-order valence-electron chi connectivity index (χ4n) is 6.31. The zero-order chi connectivity index (χ0) is 37.2. The highest BCUT2D eigenvalue weighted by Gasteiger charge is 2.42. The van der Waals surface area contributed by atoms with Crippen LogP contribution in [0.25, 0.3) is 0 Å². The van der Waals surface area contributed by atoms with Gasteiger partial charge < -0.3 is 30.3 Å². The Kier molecular flexibility index (Phi) is 12.7. The molecule has 4 N–H and O–H groups in total. The average molecular weight is 732 g/mol. The lowest BCUT2D eigenvalue weighted by Crippen LogP contribution is -2.46. The van der Waals surface area contributed by atoms with Gasteiger partial charge in [-0.1, -0.05) is 109 Å². The van der Waals surface area contributed by atoms with Crippen LogP contribution in [0.1, 0.15) is 69.0 Å². The third-order valence-corrected chi connectivity index (χ3v) is 10.2. The normalized spacial score (nSPS) is 18.8. The van der Waals surface area contributed by atoms with Gasteiger partial charge in [0, 0.05) is 30.0 Å². The summed E-state index contributed by atoms with van der Waals surface area (Å²) in [5.41, 5.74) is 5.37. The van der Waals surface area contributed by atoms with Crippen molar-refractivity contribution in [1.82, 2.24) is 15.6 Å². The number of thioether (sulfide) groups is 1. The van der Waals surface area contributed by atoms with Crippen molar-refractivity contribution in [2.75, 3.05) is 5.75 Å². The summed E-state index contributed by atoms with van der Waals surface area (Å²) in [4.78, 5) is 41.4. The molecule has 11 heteroatoms. The van der Waals surface area contributed by atoms with Crippen LogP contribution < -0.4 is 10.6 Å². The molecule has 4 aromatic carbocycles. The molecule has 2 heterocycles. The maximum atomic E-state index is 12.8. The van der Waals surface area contributed by atoms with Crippen molar-refractivity contribution < 1.29 is 34.1 Å². The lowest BCUT2D eigenvalue weighted by atomic mass is 9.84. The largest absolute Gasteiger partial charge is 0.478 e. The molecule has 1 fully saturated rings. The molecule has 5 aromatic rings. The van der Waals surface area contributed by atoms with Crippen molar-refractivity contribution in [2.45, 2.75) is 62.0 Å². The van der Waals surface area contributed by atoms with Crippen LogP contribution in [0, 0.1) is 0 Å². The number of aromatic carboxylic acids is 1. The summed E-state index contributed by atoms with van der Waals surface area (Å²) in [7, 11) is 0. The van der Waals surface area contributed by atoms with E-state index in [1.165, 1.54) is 24.8 Å². The number of nitrogens with one attached hydrogen (secondary N) is 2. The Labute approximate surface area is 312 Å². The Bertz CT molecular complexity index is 1980. The van der Waals surface area contributed by atoms with Gasteiger partial charge in [0.25, 0.3) is 0 Å². The molecule has 1 aliphatic heterocycles. The number of hydrogen-bond donors (Lipinski definition) is 4. The third-order valence-electron chi connectivity index (χ3n) is 9.14. The second-order valence-corrected chi connectivity index (χ2v) is 13.8. The molecule has 0 radical (unpaired) electrons. The second-order valence-electron chi connectivity index (χ2n) is 12.8. The number of hydrogen-bond acceptors (Lipinski definition) is 8. The first-order chi connectivity index (χ1) is 25.8. The van der Waals surface area contributed by atoms with Crippen LogP contribution in [0.4, 0.5) is 4.79 Å². The van der Waals surface area contributed by atoms with Crippen LogP contribution in [0.2, 0.25) is 0 Å². The van der Waals surface area contributed by atoms with Gasteiger partial charge in [-0.05, 0) is 53.3 Å².